The van der Waals surface area contributed by atoms with Crippen LogP contribution >= 0.6 is 11.6 Å². The first kappa shape index (κ1) is 20.7. The Balaban J connectivity index is 1.49. The van der Waals surface area contributed by atoms with Crippen molar-refractivity contribution in [2.75, 3.05) is 6.61 Å². The van der Waals surface area contributed by atoms with Gasteiger partial charge >= 0.3 is 5.97 Å². The first-order valence-electron chi connectivity index (χ1n) is 10.9. The molecule has 1 fully saturated rings. The molecule has 162 valence electrons. The Morgan fingerprint density at radius 1 is 1.00 bits per heavy atom. The van der Waals surface area contributed by atoms with E-state index in [9.17, 15) is 4.79 Å². The van der Waals surface area contributed by atoms with Crippen LogP contribution in [0.15, 0.2) is 72.9 Å². The third-order valence-corrected chi connectivity index (χ3v) is 6.01. The largest absolute Gasteiger partial charge is 0.462 e. The maximum absolute atomic E-state index is 12.3. The second-order valence-corrected chi connectivity index (χ2v) is 8.61. The van der Waals surface area contributed by atoms with Crippen LogP contribution < -0.4 is 4.74 Å². The second kappa shape index (κ2) is 8.71. The lowest BCUT2D eigenvalue weighted by Gasteiger charge is -2.07. The molecule has 0 saturated heterocycles. The number of ether oxygens (including phenoxy) is 2. The molecule has 4 aromatic rings. The summed E-state index contributed by atoms with van der Waals surface area (Å²) in [5.41, 5.74) is 3.90. The first-order valence-corrected chi connectivity index (χ1v) is 11.3. The molecule has 4 nitrogen and oxygen atoms in total. The van der Waals surface area contributed by atoms with E-state index < -0.39 is 0 Å². The minimum Gasteiger partial charge on any atom is -0.462 e. The highest BCUT2D eigenvalue weighted by atomic mass is 35.5. The fourth-order valence-corrected chi connectivity index (χ4v) is 4.07. The van der Waals surface area contributed by atoms with Gasteiger partial charge in [0.2, 0.25) is 0 Å². The van der Waals surface area contributed by atoms with E-state index in [0.29, 0.717) is 17.2 Å². The molecule has 0 radical (unpaired) electrons. The molecule has 0 amide bonds. The number of carbonyl (C=O) groups is 1. The van der Waals surface area contributed by atoms with Crippen LogP contribution in [0.2, 0.25) is 5.02 Å². The van der Waals surface area contributed by atoms with Gasteiger partial charge in [0.15, 0.2) is 0 Å². The number of fused-ring (bicyclic) bond motifs is 1. The molecule has 1 saturated carbocycles. The summed E-state index contributed by atoms with van der Waals surface area (Å²) < 4.78 is 13.5. The Morgan fingerprint density at radius 2 is 1.69 bits per heavy atom. The number of esters is 1. The topological polar surface area (TPSA) is 40.5 Å². The van der Waals surface area contributed by atoms with Gasteiger partial charge < -0.3 is 14.0 Å². The first-order chi connectivity index (χ1) is 15.6. The molecule has 1 aromatic heterocycles. The SMILES string of the molecule is CCOC(=O)c1ccc2c(c1)c(-c1ccc(Oc3ccc(Cl)cc3)cc1)cn2CC1CC1. The standard InChI is InChI=1S/C27H24ClNO3/c1-2-31-27(30)20-7-14-26-24(15-20)25(17-29(26)16-18-3-4-18)19-5-10-22(11-6-19)32-23-12-8-21(28)9-13-23/h5-15,17-18H,2-4,16H2,1H3. The predicted octanol–water partition coefficient (Wildman–Crippen LogP) is 7.34. The van der Waals surface area contributed by atoms with Crippen molar-refractivity contribution in [2.45, 2.75) is 26.3 Å². The van der Waals surface area contributed by atoms with Gasteiger partial charge in [-0.3, -0.25) is 0 Å². The molecule has 0 atom stereocenters. The van der Waals surface area contributed by atoms with Crippen molar-refractivity contribution in [1.82, 2.24) is 4.57 Å². The molecule has 3 aromatic carbocycles. The smallest absolute Gasteiger partial charge is 0.338 e. The Bertz CT molecular complexity index is 1250. The average molecular weight is 446 g/mol. The lowest BCUT2D eigenvalue weighted by molar-refractivity contribution is 0.0526. The van der Waals surface area contributed by atoms with E-state index in [2.05, 4.69) is 22.9 Å². The third kappa shape index (κ3) is 4.37. The molecule has 0 aliphatic heterocycles. The molecule has 32 heavy (non-hydrogen) atoms. The number of aromatic nitrogens is 1. The normalized spacial score (nSPS) is 13.3. The number of rotatable bonds is 7. The van der Waals surface area contributed by atoms with E-state index in [1.54, 1.807) is 12.1 Å². The molecular weight excluding hydrogens is 422 g/mol. The molecule has 0 spiro atoms. The van der Waals surface area contributed by atoms with Crippen LogP contribution in [0.3, 0.4) is 0 Å². The number of carbonyl (C=O) groups excluding carboxylic acids is 1. The molecule has 5 heteroatoms. The Morgan fingerprint density at radius 3 is 2.34 bits per heavy atom. The van der Waals surface area contributed by atoms with Crippen LogP contribution in [0.4, 0.5) is 0 Å². The number of hydrogen-bond acceptors (Lipinski definition) is 3. The van der Waals surface area contributed by atoms with E-state index in [1.165, 1.54) is 12.8 Å². The fourth-order valence-electron chi connectivity index (χ4n) is 3.94. The van der Waals surface area contributed by atoms with Crippen molar-refractivity contribution < 1.29 is 14.3 Å². The minimum absolute atomic E-state index is 0.290. The molecule has 1 aliphatic carbocycles. The Kier molecular flexibility index (Phi) is 5.62. The monoisotopic (exact) mass is 445 g/mol. The van der Waals surface area contributed by atoms with Crippen LogP contribution in [0.25, 0.3) is 22.0 Å². The Labute approximate surface area is 192 Å². The minimum atomic E-state index is -0.290. The van der Waals surface area contributed by atoms with Gasteiger partial charge in [0.25, 0.3) is 0 Å². The van der Waals surface area contributed by atoms with Gasteiger partial charge in [0.1, 0.15) is 11.5 Å². The molecule has 0 unspecified atom stereocenters. The fraction of sp³-hybridized carbons (Fsp3) is 0.222. The quantitative estimate of drug-likeness (QED) is 0.279. The highest BCUT2D eigenvalue weighted by Crippen LogP contribution is 2.37. The van der Waals surface area contributed by atoms with Gasteiger partial charge in [-0.25, -0.2) is 4.79 Å². The van der Waals surface area contributed by atoms with E-state index in [-0.39, 0.29) is 5.97 Å². The van der Waals surface area contributed by atoms with E-state index >= 15 is 0 Å². The summed E-state index contributed by atoms with van der Waals surface area (Å²) in [4.78, 5) is 12.3. The third-order valence-electron chi connectivity index (χ3n) is 5.76. The zero-order chi connectivity index (χ0) is 22.1. The Hall–Kier alpha value is -3.24. The van der Waals surface area contributed by atoms with Gasteiger partial charge in [-0.2, -0.15) is 0 Å². The molecule has 1 heterocycles. The predicted molar refractivity (Wildman–Crippen MR) is 128 cm³/mol. The van der Waals surface area contributed by atoms with Crippen molar-refractivity contribution in [3.05, 3.63) is 83.5 Å². The van der Waals surface area contributed by atoms with Crippen LogP contribution in [-0.2, 0) is 11.3 Å². The van der Waals surface area contributed by atoms with Crippen LogP contribution in [0.5, 0.6) is 11.5 Å². The van der Waals surface area contributed by atoms with Gasteiger partial charge in [-0.05, 0) is 85.8 Å². The van der Waals surface area contributed by atoms with Crippen molar-refractivity contribution in [3.8, 4) is 22.6 Å². The van der Waals surface area contributed by atoms with Gasteiger partial charge in [0.05, 0.1) is 12.2 Å². The van der Waals surface area contributed by atoms with Crippen LogP contribution in [0.1, 0.15) is 30.1 Å². The maximum Gasteiger partial charge on any atom is 0.338 e. The lowest BCUT2D eigenvalue weighted by Crippen LogP contribution is -2.04. The number of nitrogens with zero attached hydrogens (tertiary/aromatic N) is 1. The number of halogens is 1. The van der Waals surface area contributed by atoms with Gasteiger partial charge in [-0.15, -0.1) is 0 Å². The van der Waals surface area contributed by atoms with Gasteiger partial charge in [0, 0.05) is 34.2 Å². The van der Waals surface area contributed by atoms with Gasteiger partial charge in [-0.1, -0.05) is 23.7 Å². The van der Waals surface area contributed by atoms with Crippen molar-refractivity contribution >= 4 is 28.5 Å². The van der Waals surface area contributed by atoms with Crippen molar-refractivity contribution in [2.24, 2.45) is 5.92 Å². The molecule has 1 aliphatic rings. The highest BCUT2D eigenvalue weighted by Gasteiger charge is 2.23. The molecule has 5 rings (SSSR count). The average Bonchev–Trinajstić information content (AvgIpc) is 3.56. The maximum atomic E-state index is 12.3. The number of hydrogen-bond donors (Lipinski definition) is 0. The van der Waals surface area contributed by atoms with Crippen LogP contribution in [0, 0.1) is 5.92 Å². The summed E-state index contributed by atoms with van der Waals surface area (Å²) in [6.45, 7) is 3.19. The zero-order valence-corrected chi connectivity index (χ0v) is 18.6. The van der Waals surface area contributed by atoms with Crippen molar-refractivity contribution in [3.63, 3.8) is 0 Å². The summed E-state index contributed by atoms with van der Waals surface area (Å²) in [7, 11) is 0. The van der Waals surface area contributed by atoms with E-state index in [1.807, 2.05) is 49.4 Å². The molecule has 0 N–H and O–H groups in total. The van der Waals surface area contributed by atoms with E-state index in [4.69, 9.17) is 21.1 Å². The molecular formula is C27H24ClNO3. The van der Waals surface area contributed by atoms with Crippen molar-refractivity contribution in [1.29, 1.82) is 0 Å². The lowest BCUT2D eigenvalue weighted by atomic mass is 10.0. The van der Waals surface area contributed by atoms with Crippen LogP contribution in [-0.4, -0.2) is 17.1 Å². The summed E-state index contributed by atoms with van der Waals surface area (Å²) in [5.74, 6) is 1.95. The van der Waals surface area contributed by atoms with E-state index in [0.717, 1.165) is 46.0 Å². The number of benzene rings is 3. The zero-order valence-electron chi connectivity index (χ0n) is 17.9. The molecule has 0 bridgehead atoms. The summed E-state index contributed by atoms with van der Waals surface area (Å²) in [6, 6.07) is 21.2. The second-order valence-electron chi connectivity index (χ2n) is 8.17. The highest BCUT2D eigenvalue weighted by molar-refractivity contribution is 6.30. The summed E-state index contributed by atoms with van der Waals surface area (Å²) in [6.07, 6.45) is 4.77. The summed E-state index contributed by atoms with van der Waals surface area (Å²) >= 11 is 5.95. The summed E-state index contributed by atoms with van der Waals surface area (Å²) in [5, 5.41) is 1.74.